The zero-order valence-corrected chi connectivity index (χ0v) is 19.6. The fraction of sp³-hybridized carbons (Fsp3) is 0.520. The number of H-pyrrole nitrogens is 1. The molecule has 1 aliphatic rings. The molecule has 6 heteroatoms. The summed E-state index contributed by atoms with van der Waals surface area (Å²) in [4.78, 5) is 22.4. The van der Waals surface area contributed by atoms with Gasteiger partial charge in [-0.2, -0.15) is 0 Å². The molecule has 170 valence electrons. The Hall–Kier alpha value is -2.47. The van der Waals surface area contributed by atoms with E-state index in [1.54, 1.807) is 6.92 Å². The van der Waals surface area contributed by atoms with Crippen LogP contribution in [0, 0.1) is 6.92 Å². The lowest BCUT2D eigenvalue weighted by molar-refractivity contribution is 0.0618. The molecule has 31 heavy (non-hydrogen) atoms. The molecular formula is C25H37FN4O. The smallest absolute Gasteiger partial charge is 0.289 e. The summed E-state index contributed by atoms with van der Waals surface area (Å²) in [5.41, 5.74) is 3.43. The Morgan fingerprint density at radius 2 is 2.10 bits per heavy atom. The number of nitrogens with one attached hydrogen (secondary N) is 2. The number of allylic oxidation sites excluding steroid dienone is 4. The van der Waals surface area contributed by atoms with Gasteiger partial charge in [-0.15, -0.1) is 0 Å². The van der Waals surface area contributed by atoms with Crippen molar-refractivity contribution in [3.8, 4) is 0 Å². The van der Waals surface area contributed by atoms with Crippen LogP contribution in [0.1, 0.15) is 75.4 Å². The predicted octanol–water partition coefficient (Wildman–Crippen LogP) is 5.49. The van der Waals surface area contributed by atoms with Crippen molar-refractivity contribution >= 4 is 12.0 Å². The highest BCUT2D eigenvalue weighted by molar-refractivity contribution is 5.91. The predicted molar refractivity (Wildman–Crippen MR) is 127 cm³/mol. The van der Waals surface area contributed by atoms with Crippen LogP contribution in [0.5, 0.6) is 0 Å². The number of nitrogens with zero attached hydrogens (tertiary/aromatic N) is 2. The minimum absolute atomic E-state index is 0.119. The van der Waals surface area contributed by atoms with Crippen molar-refractivity contribution in [2.45, 2.75) is 72.4 Å². The Morgan fingerprint density at radius 1 is 1.35 bits per heavy atom. The molecule has 1 saturated carbocycles. The van der Waals surface area contributed by atoms with Gasteiger partial charge in [0.1, 0.15) is 0 Å². The van der Waals surface area contributed by atoms with Crippen LogP contribution in [-0.2, 0) is 0 Å². The fourth-order valence-corrected chi connectivity index (χ4v) is 4.01. The quantitative estimate of drug-likeness (QED) is 0.511. The number of carbonyl (C=O) groups excluding carboxylic acids is 1. The van der Waals surface area contributed by atoms with Crippen molar-refractivity contribution in [1.29, 1.82) is 0 Å². The average molecular weight is 429 g/mol. The highest BCUT2D eigenvalue weighted by atomic mass is 19.1. The Bertz CT molecular complexity index is 861. The van der Waals surface area contributed by atoms with E-state index in [-0.39, 0.29) is 23.6 Å². The Morgan fingerprint density at radius 3 is 2.71 bits per heavy atom. The van der Waals surface area contributed by atoms with Crippen molar-refractivity contribution < 1.29 is 9.18 Å². The van der Waals surface area contributed by atoms with Crippen molar-refractivity contribution in [2.24, 2.45) is 0 Å². The number of aromatic amines is 1. The molecular weight excluding hydrogens is 391 g/mol. The molecule has 1 aromatic rings. The Kier molecular flexibility index (Phi) is 9.44. The van der Waals surface area contributed by atoms with Gasteiger partial charge >= 0.3 is 0 Å². The standard InChI is InChI=1S/C25H37FN4O/c1-7-20(13-12-17(3)4)16-27-21-10-9-11-22(15-21)30(8-2)25(31)24-28-19(6)23(29-24)14-18(5)26/h7,12-14,21-22,27H,3,8-11,15-16H2,1-2,4-6H3,(H,28,29)/b13-12-,18-14+,20-7+/t21-,22+/m1/s1. The number of rotatable bonds is 9. The van der Waals surface area contributed by atoms with Crippen LogP contribution >= 0.6 is 0 Å². The molecule has 0 radical (unpaired) electrons. The van der Waals surface area contributed by atoms with Crippen LogP contribution in [0.25, 0.3) is 6.08 Å². The zero-order valence-electron chi connectivity index (χ0n) is 19.6. The number of hydrogen-bond acceptors (Lipinski definition) is 3. The minimum Gasteiger partial charge on any atom is -0.337 e. The van der Waals surface area contributed by atoms with Crippen LogP contribution in [-0.4, -0.2) is 45.9 Å². The van der Waals surface area contributed by atoms with Crippen LogP contribution in [0.15, 0.2) is 41.8 Å². The van der Waals surface area contributed by atoms with Gasteiger partial charge in [0.15, 0.2) is 5.82 Å². The first kappa shape index (κ1) is 24.8. The molecule has 0 spiro atoms. The van der Waals surface area contributed by atoms with E-state index in [1.165, 1.54) is 18.6 Å². The van der Waals surface area contributed by atoms with E-state index in [1.807, 2.05) is 31.7 Å². The molecule has 0 aromatic carbocycles. The van der Waals surface area contributed by atoms with Gasteiger partial charge in [0.05, 0.1) is 11.5 Å². The summed E-state index contributed by atoms with van der Waals surface area (Å²) in [5.74, 6) is -0.172. The van der Waals surface area contributed by atoms with E-state index in [0.29, 0.717) is 24.0 Å². The van der Waals surface area contributed by atoms with Gasteiger partial charge in [0.2, 0.25) is 0 Å². The van der Waals surface area contributed by atoms with E-state index in [9.17, 15) is 9.18 Å². The van der Waals surface area contributed by atoms with Gasteiger partial charge < -0.3 is 15.2 Å². The fourth-order valence-electron chi connectivity index (χ4n) is 4.01. The molecule has 5 nitrogen and oxygen atoms in total. The van der Waals surface area contributed by atoms with E-state index in [2.05, 4.69) is 34.0 Å². The molecule has 1 heterocycles. The normalized spacial score (nSPS) is 20.3. The second kappa shape index (κ2) is 11.8. The summed E-state index contributed by atoms with van der Waals surface area (Å²) in [6, 6.07) is 0.524. The van der Waals surface area contributed by atoms with Crippen molar-refractivity contribution in [1.82, 2.24) is 20.2 Å². The van der Waals surface area contributed by atoms with E-state index in [4.69, 9.17) is 0 Å². The largest absolute Gasteiger partial charge is 0.337 e. The van der Waals surface area contributed by atoms with E-state index in [0.717, 1.165) is 37.8 Å². The van der Waals surface area contributed by atoms with Crippen molar-refractivity contribution in [3.05, 3.63) is 59.0 Å². The minimum atomic E-state index is -0.333. The lowest BCUT2D eigenvalue weighted by Crippen LogP contribution is -2.47. The van der Waals surface area contributed by atoms with Crippen LogP contribution < -0.4 is 5.32 Å². The lowest BCUT2D eigenvalue weighted by atomic mass is 9.89. The first-order chi connectivity index (χ1) is 14.7. The molecule has 0 bridgehead atoms. The molecule has 1 aromatic heterocycles. The van der Waals surface area contributed by atoms with Gasteiger partial charge in [-0.25, -0.2) is 9.37 Å². The average Bonchev–Trinajstić information content (AvgIpc) is 3.08. The molecule has 2 rings (SSSR count). The summed E-state index contributed by atoms with van der Waals surface area (Å²) in [6.07, 6.45) is 11.7. The number of aryl methyl sites for hydroxylation is 1. The molecule has 2 atom stereocenters. The van der Waals surface area contributed by atoms with Crippen LogP contribution in [0.2, 0.25) is 0 Å². The monoisotopic (exact) mass is 428 g/mol. The molecule has 1 aliphatic carbocycles. The van der Waals surface area contributed by atoms with Gasteiger partial charge in [0, 0.05) is 30.9 Å². The summed E-state index contributed by atoms with van der Waals surface area (Å²) in [7, 11) is 0. The van der Waals surface area contributed by atoms with Crippen LogP contribution in [0.3, 0.4) is 0 Å². The topological polar surface area (TPSA) is 61.0 Å². The number of aromatic nitrogens is 2. The molecule has 1 amide bonds. The molecule has 0 saturated heterocycles. The maximum atomic E-state index is 13.3. The third-order valence-electron chi connectivity index (χ3n) is 5.70. The van der Waals surface area contributed by atoms with Gasteiger partial charge in [-0.05, 0) is 72.0 Å². The van der Waals surface area contributed by atoms with Crippen LogP contribution in [0.4, 0.5) is 4.39 Å². The third-order valence-corrected chi connectivity index (χ3v) is 5.70. The first-order valence-electron chi connectivity index (χ1n) is 11.2. The Labute approximate surface area is 186 Å². The highest BCUT2D eigenvalue weighted by Crippen LogP contribution is 2.25. The first-order valence-corrected chi connectivity index (χ1v) is 11.2. The summed E-state index contributed by atoms with van der Waals surface area (Å²) < 4.78 is 13.3. The molecule has 2 N–H and O–H groups in total. The zero-order chi connectivity index (χ0) is 23.0. The summed E-state index contributed by atoms with van der Waals surface area (Å²) in [6.45, 7) is 14.5. The molecule has 1 fully saturated rings. The van der Waals surface area contributed by atoms with Gasteiger partial charge in [-0.3, -0.25) is 4.79 Å². The highest BCUT2D eigenvalue weighted by Gasteiger charge is 2.30. The second-order valence-corrected chi connectivity index (χ2v) is 8.36. The molecule has 0 aliphatic heterocycles. The van der Waals surface area contributed by atoms with Gasteiger partial charge in [0.25, 0.3) is 5.91 Å². The number of hydrogen-bond donors (Lipinski definition) is 2. The van der Waals surface area contributed by atoms with E-state index >= 15 is 0 Å². The number of imidazole rings is 1. The number of halogens is 1. The Balaban J connectivity index is 2.04. The maximum absolute atomic E-state index is 13.3. The molecule has 0 unspecified atom stereocenters. The van der Waals surface area contributed by atoms with Crippen molar-refractivity contribution in [2.75, 3.05) is 13.1 Å². The van der Waals surface area contributed by atoms with Crippen molar-refractivity contribution in [3.63, 3.8) is 0 Å². The third kappa shape index (κ3) is 7.31. The lowest BCUT2D eigenvalue weighted by Gasteiger charge is -2.37. The summed E-state index contributed by atoms with van der Waals surface area (Å²) in [5, 5.41) is 3.66. The van der Waals surface area contributed by atoms with Gasteiger partial charge in [-0.1, -0.05) is 30.4 Å². The second-order valence-electron chi connectivity index (χ2n) is 8.36. The maximum Gasteiger partial charge on any atom is 0.289 e. The summed E-state index contributed by atoms with van der Waals surface area (Å²) >= 11 is 0. The number of amides is 1. The van der Waals surface area contributed by atoms with E-state index < -0.39 is 0 Å². The SMILES string of the molecule is C=C(C)/C=C\C(=C/C)CN[C@@H]1CCC[C@H](N(CC)C(=O)c2nc(/C=C(\C)F)c(C)[nH]2)C1. The number of carbonyl (C=O) groups is 1.